The van der Waals surface area contributed by atoms with Crippen LogP contribution in [0.15, 0.2) is 23.5 Å². The van der Waals surface area contributed by atoms with Crippen LogP contribution in [0, 0.1) is 5.92 Å². The maximum atomic E-state index is 4.41. The van der Waals surface area contributed by atoms with E-state index in [-0.39, 0.29) is 24.0 Å². The van der Waals surface area contributed by atoms with Gasteiger partial charge in [-0.1, -0.05) is 6.92 Å². The van der Waals surface area contributed by atoms with Gasteiger partial charge in [0.2, 0.25) is 5.95 Å². The van der Waals surface area contributed by atoms with Gasteiger partial charge in [-0.15, -0.1) is 24.0 Å². The lowest BCUT2D eigenvalue weighted by molar-refractivity contribution is 0.369. The molecule has 1 saturated carbocycles. The summed E-state index contributed by atoms with van der Waals surface area (Å²) in [5.41, 5.74) is 0. The lowest BCUT2D eigenvalue weighted by Gasteiger charge is -2.36. The van der Waals surface area contributed by atoms with Crippen LogP contribution in [0.5, 0.6) is 0 Å². The summed E-state index contributed by atoms with van der Waals surface area (Å²) in [7, 11) is 1.86. The maximum Gasteiger partial charge on any atom is 0.225 e. The fourth-order valence-corrected chi connectivity index (χ4v) is 2.56. The average molecular weight is 402 g/mol. The van der Waals surface area contributed by atoms with Gasteiger partial charge in [0.25, 0.3) is 0 Å². The zero-order valence-electron chi connectivity index (χ0n) is 12.6. The average Bonchev–Trinajstić information content (AvgIpc) is 3.21. The molecule has 1 aromatic rings. The summed E-state index contributed by atoms with van der Waals surface area (Å²) in [4.78, 5) is 17.6. The van der Waals surface area contributed by atoms with Gasteiger partial charge in [0.1, 0.15) is 0 Å². The highest BCUT2D eigenvalue weighted by atomic mass is 127. The van der Waals surface area contributed by atoms with Gasteiger partial charge in [-0.3, -0.25) is 4.99 Å². The van der Waals surface area contributed by atoms with Crippen molar-refractivity contribution >= 4 is 35.9 Å². The largest absolute Gasteiger partial charge is 0.353 e. The van der Waals surface area contributed by atoms with E-state index in [9.17, 15) is 0 Å². The lowest BCUT2D eigenvalue weighted by Crippen LogP contribution is -2.53. The summed E-state index contributed by atoms with van der Waals surface area (Å²) in [6.45, 7) is 6.06. The number of hydrogen-bond donors (Lipinski definition) is 1. The van der Waals surface area contributed by atoms with E-state index in [2.05, 4.69) is 37.0 Å². The highest BCUT2D eigenvalue weighted by molar-refractivity contribution is 14.0. The number of nitrogens with zero attached hydrogens (tertiary/aromatic N) is 5. The summed E-state index contributed by atoms with van der Waals surface area (Å²) in [6, 6.07) is 2.46. The van der Waals surface area contributed by atoms with E-state index in [1.165, 1.54) is 6.42 Å². The minimum atomic E-state index is 0. The first kappa shape index (κ1) is 16.3. The second-order valence-corrected chi connectivity index (χ2v) is 5.53. The molecule has 2 heterocycles. The molecule has 1 saturated heterocycles. The second-order valence-electron chi connectivity index (χ2n) is 5.53. The van der Waals surface area contributed by atoms with Gasteiger partial charge in [-0.2, -0.15) is 0 Å². The van der Waals surface area contributed by atoms with Crippen LogP contribution in [0.25, 0.3) is 0 Å². The van der Waals surface area contributed by atoms with E-state index in [1.807, 2.05) is 13.1 Å². The van der Waals surface area contributed by atoms with Crippen molar-refractivity contribution in [3.63, 3.8) is 0 Å². The Morgan fingerprint density at radius 1 is 1.24 bits per heavy atom. The first-order valence-corrected chi connectivity index (χ1v) is 7.28. The van der Waals surface area contributed by atoms with Crippen molar-refractivity contribution in [2.75, 3.05) is 38.1 Å². The minimum absolute atomic E-state index is 0. The third-order valence-electron chi connectivity index (χ3n) is 4.05. The normalized spacial score (nSPS) is 25.3. The molecule has 2 atom stereocenters. The molecule has 2 fully saturated rings. The van der Waals surface area contributed by atoms with Crippen LogP contribution in [0.4, 0.5) is 5.95 Å². The molecule has 0 spiro atoms. The zero-order chi connectivity index (χ0) is 13.9. The Bertz CT molecular complexity index is 472. The van der Waals surface area contributed by atoms with Crippen LogP contribution in [-0.2, 0) is 0 Å². The molecule has 2 unspecified atom stereocenters. The number of anilines is 1. The van der Waals surface area contributed by atoms with Crippen LogP contribution in [-0.4, -0.2) is 60.1 Å². The van der Waals surface area contributed by atoms with E-state index in [0.717, 1.165) is 44.0 Å². The molecule has 0 bridgehead atoms. The van der Waals surface area contributed by atoms with E-state index in [1.54, 1.807) is 12.4 Å². The maximum absolute atomic E-state index is 4.41. The first-order chi connectivity index (χ1) is 9.78. The summed E-state index contributed by atoms with van der Waals surface area (Å²) < 4.78 is 0. The zero-order valence-corrected chi connectivity index (χ0v) is 14.9. The Morgan fingerprint density at radius 2 is 1.86 bits per heavy atom. The molecule has 21 heavy (non-hydrogen) atoms. The molecular formula is C14H23IN6. The van der Waals surface area contributed by atoms with Crippen LogP contribution in [0.3, 0.4) is 0 Å². The molecule has 6 nitrogen and oxygen atoms in total. The summed E-state index contributed by atoms with van der Waals surface area (Å²) in [5, 5.41) is 3.54. The molecule has 0 radical (unpaired) electrons. The van der Waals surface area contributed by atoms with Crippen molar-refractivity contribution in [1.29, 1.82) is 0 Å². The number of guanidine groups is 1. The Morgan fingerprint density at radius 3 is 2.38 bits per heavy atom. The monoisotopic (exact) mass is 402 g/mol. The van der Waals surface area contributed by atoms with Crippen LogP contribution in [0.1, 0.15) is 13.3 Å². The summed E-state index contributed by atoms with van der Waals surface area (Å²) in [6.07, 6.45) is 4.85. The van der Waals surface area contributed by atoms with Gasteiger partial charge in [-0.05, 0) is 18.4 Å². The quantitative estimate of drug-likeness (QED) is 0.458. The van der Waals surface area contributed by atoms with Gasteiger partial charge in [0, 0.05) is 51.7 Å². The van der Waals surface area contributed by atoms with Gasteiger partial charge in [-0.25, -0.2) is 9.97 Å². The number of aliphatic imine (C=N–C) groups is 1. The van der Waals surface area contributed by atoms with Gasteiger partial charge < -0.3 is 15.1 Å². The molecule has 1 aromatic heterocycles. The number of nitrogens with one attached hydrogen (secondary N) is 1. The fraction of sp³-hybridized carbons (Fsp3) is 0.643. The van der Waals surface area contributed by atoms with Crippen LogP contribution >= 0.6 is 24.0 Å². The number of halogens is 1. The van der Waals surface area contributed by atoms with Crippen molar-refractivity contribution in [3.05, 3.63) is 18.5 Å². The lowest BCUT2D eigenvalue weighted by atomic mass is 10.3. The van der Waals surface area contributed by atoms with E-state index < -0.39 is 0 Å². The van der Waals surface area contributed by atoms with Gasteiger partial charge in [0.05, 0.1) is 0 Å². The fourth-order valence-electron chi connectivity index (χ4n) is 2.56. The summed E-state index contributed by atoms with van der Waals surface area (Å²) in [5.74, 6) is 2.64. The van der Waals surface area contributed by atoms with Crippen LogP contribution in [0.2, 0.25) is 0 Å². The van der Waals surface area contributed by atoms with Crippen LogP contribution < -0.4 is 10.2 Å². The molecule has 0 amide bonds. The second kappa shape index (κ2) is 7.24. The third-order valence-corrected chi connectivity index (χ3v) is 4.05. The standard InChI is InChI=1S/C14H22N6.HI/c1-11-10-12(11)18-13(15-2)19-6-8-20(9-7-19)14-16-4-3-5-17-14;/h3-5,11-12H,6-10H2,1-2H3,(H,15,18);1H. The number of piperazine rings is 1. The predicted molar refractivity (Wildman–Crippen MR) is 95.3 cm³/mol. The predicted octanol–water partition coefficient (Wildman–Crippen LogP) is 1.20. The molecule has 1 aliphatic carbocycles. The number of hydrogen-bond acceptors (Lipinski definition) is 4. The first-order valence-electron chi connectivity index (χ1n) is 7.28. The smallest absolute Gasteiger partial charge is 0.225 e. The SMILES string of the molecule is CN=C(NC1CC1C)N1CCN(c2ncccn2)CC1.I. The number of rotatable bonds is 2. The van der Waals surface area contributed by atoms with Crippen molar-refractivity contribution in [2.45, 2.75) is 19.4 Å². The van der Waals surface area contributed by atoms with E-state index in [0.29, 0.717) is 6.04 Å². The van der Waals surface area contributed by atoms with Gasteiger partial charge in [0.15, 0.2) is 5.96 Å². The molecule has 3 rings (SSSR count). The highest BCUT2D eigenvalue weighted by Crippen LogP contribution is 2.29. The van der Waals surface area contributed by atoms with Gasteiger partial charge >= 0.3 is 0 Å². The Labute approximate surface area is 143 Å². The molecule has 0 aromatic carbocycles. The molecule has 7 heteroatoms. The van der Waals surface area contributed by atoms with Crippen molar-refractivity contribution in [2.24, 2.45) is 10.9 Å². The Hall–Kier alpha value is -1.12. The topological polar surface area (TPSA) is 56.7 Å². The Balaban J connectivity index is 0.00000161. The molecule has 116 valence electrons. The van der Waals surface area contributed by atoms with E-state index >= 15 is 0 Å². The number of aromatic nitrogens is 2. The molecule has 2 aliphatic rings. The molecular weight excluding hydrogens is 379 g/mol. The van der Waals surface area contributed by atoms with Crippen molar-refractivity contribution < 1.29 is 0 Å². The Kier molecular flexibility index (Phi) is 5.60. The third kappa shape index (κ3) is 3.96. The van der Waals surface area contributed by atoms with E-state index in [4.69, 9.17) is 0 Å². The summed E-state index contributed by atoms with van der Waals surface area (Å²) >= 11 is 0. The van der Waals surface area contributed by atoms with Crippen molar-refractivity contribution in [3.8, 4) is 0 Å². The van der Waals surface area contributed by atoms with Crippen molar-refractivity contribution in [1.82, 2.24) is 20.2 Å². The minimum Gasteiger partial charge on any atom is -0.353 e. The highest BCUT2D eigenvalue weighted by Gasteiger charge is 2.34. The molecule has 1 aliphatic heterocycles. The molecule has 1 N–H and O–H groups in total.